The standard InChI is InChI=1S/C21H28N4O2/c26-21(11-8-17-5-2-1-3-6-17)25-14-12-24(13-15-25)20-10-9-18(22-23-20)19-7-4-16-27-19/h4,7,9-10,16-17H,1-3,5-6,8,11-15H2. The Morgan fingerprint density at radius 1 is 1.04 bits per heavy atom. The van der Waals surface area contributed by atoms with E-state index in [4.69, 9.17) is 4.42 Å². The second kappa shape index (κ2) is 8.55. The van der Waals surface area contributed by atoms with E-state index in [0.29, 0.717) is 12.3 Å². The molecule has 0 bridgehead atoms. The first kappa shape index (κ1) is 18.0. The molecule has 1 aliphatic heterocycles. The van der Waals surface area contributed by atoms with E-state index in [1.165, 1.54) is 32.1 Å². The van der Waals surface area contributed by atoms with Gasteiger partial charge in [0, 0.05) is 32.6 Å². The summed E-state index contributed by atoms with van der Waals surface area (Å²) in [5.74, 6) is 2.67. The number of piperazine rings is 1. The Hall–Kier alpha value is -2.37. The summed E-state index contributed by atoms with van der Waals surface area (Å²) in [4.78, 5) is 16.7. The number of amides is 1. The number of hydrogen-bond acceptors (Lipinski definition) is 5. The third-order valence-corrected chi connectivity index (χ3v) is 5.87. The van der Waals surface area contributed by atoms with Gasteiger partial charge in [0.05, 0.1) is 6.26 Å². The molecule has 0 atom stereocenters. The van der Waals surface area contributed by atoms with Crippen LogP contribution in [0.4, 0.5) is 5.82 Å². The third kappa shape index (κ3) is 4.49. The van der Waals surface area contributed by atoms with Gasteiger partial charge < -0.3 is 14.2 Å². The fourth-order valence-electron chi connectivity index (χ4n) is 4.20. The van der Waals surface area contributed by atoms with Crippen molar-refractivity contribution < 1.29 is 9.21 Å². The topological polar surface area (TPSA) is 62.5 Å². The average molecular weight is 368 g/mol. The molecular weight excluding hydrogens is 340 g/mol. The van der Waals surface area contributed by atoms with Gasteiger partial charge in [-0.25, -0.2) is 0 Å². The number of hydrogen-bond donors (Lipinski definition) is 0. The van der Waals surface area contributed by atoms with Crippen LogP contribution in [0.1, 0.15) is 44.9 Å². The summed E-state index contributed by atoms with van der Waals surface area (Å²) in [7, 11) is 0. The highest BCUT2D eigenvalue weighted by Gasteiger charge is 2.23. The average Bonchev–Trinajstić information content (AvgIpc) is 3.28. The summed E-state index contributed by atoms with van der Waals surface area (Å²) in [5, 5.41) is 8.60. The summed E-state index contributed by atoms with van der Waals surface area (Å²) < 4.78 is 5.35. The molecule has 1 aliphatic carbocycles. The lowest BCUT2D eigenvalue weighted by molar-refractivity contribution is -0.131. The zero-order valence-electron chi connectivity index (χ0n) is 15.8. The molecule has 2 aromatic heterocycles. The molecule has 144 valence electrons. The molecule has 6 heteroatoms. The smallest absolute Gasteiger partial charge is 0.222 e. The van der Waals surface area contributed by atoms with Gasteiger partial charge in [-0.05, 0) is 36.6 Å². The molecular formula is C21H28N4O2. The summed E-state index contributed by atoms with van der Waals surface area (Å²) >= 11 is 0. The maximum Gasteiger partial charge on any atom is 0.222 e. The molecule has 0 unspecified atom stereocenters. The molecule has 27 heavy (non-hydrogen) atoms. The molecule has 6 nitrogen and oxygen atoms in total. The molecule has 3 heterocycles. The van der Waals surface area contributed by atoms with Crippen molar-refractivity contribution in [2.45, 2.75) is 44.9 Å². The van der Waals surface area contributed by atoms with Gasteiger partial charge >= 0.3 is 0 Å². The van der Waals surface area contributed by atoms with Gasteiger partial charge in [-0.1, -0.05) is 32.1 Å². The lowest BCUT2D eigenvalue weighted by atomic mass is 9.86. The quantitative estimate of drug-likeness (QED) is 0.804. The van der Waals surface area contributed by atoms with Gasteiger partial charge in [0.15, 0.2) is 11.6 Å². The minimum atomic E-state index is 0.319. The van der Waals surface area contributed by atoms with Crippen LogP contribution in [-0.2, 0) is 4.79 Å². The highest BCUT2D eigenvalue weighted by Crippen LogP contribution is 2.27. The number of nitrogens with zero attached hydrogens (tertiary/aromatic N) is 4. The van der Waals surface area contributed by atoms with Crippen LogP contribution in [-0.4, -0.2) is 47.2 Å². The predicted octanol–water partition coefficient (Wildman–Crippen LogP) is 3.75. The molecule has 1 saturated heterocycles. The number of rotatable bonds is 5. The summed E-state index contributed by atoms with van der Waals surface area (Å²) in [5.41, 5.74) is 0.736. The van der Waals surface area contributed by atoms with E-state index in [0.717, 1.165) is 55.8 Å². The van der Waals surface area contributed by atoms with E-state index in [2.05, 4.69) is 15.1 Å². The molecule has 1 saturated carbocycles. The van der Waals surface area contributed by atoms with E-state index in [9.17, 15) is 4.79 Å². The van der Waals surface area contributed by atoms with Crippen molar-refractivity contribution in [2.24, 2.45) is 5.92 Å². The van der Waals surface area contributed by atoms with Crippen LogP contribution in [0.5, 0.6) is 0 Å². The van der Waals surface area contributed by atoms with Gasteiger partial charge in [0.25, 0.3) is 0 Å². The number of aromatic nitrogens is 2. The Kier molecular flexibility index (Phi) is 5.70. The van der Waals surface area contributed by atoms with E-state index in [1.807, 2.05) is 29.2 Å². The van der Waals surface area contributed by atoms with Crippen molar-refractivity contribution >= 4 is 11.7 Å². The lowest BCUT2D eigenvalue weighted by Crippen LogP contribution is -2.49. The SMILES string of the molecule is O=C(CCC1CCCCC1)N1CCN(c2ccc(-c3ccco3)nn2)CC1. The van der Waals surface area contributed by atoms with E-state index in [1.54, 1.807) is 6.26 Å². The Morgan fingerprint density at radius 2 is 1.85 bits per heavy atom. The fraction of sp³-hybridized carbons (Fsp3) is 0.571. The molecule has 2 fully saturated rings. The monoisotopic (exact) mass is 368 g/mol. The number of carbonyl (C=O) groups is 1. The van der Waals surface area contributed by atoms with E-state index in [-0.39, 0.29) is 0 Å². The minimum absolute atomic E-state index is 0.319. The van der Waals surface area contributed by atoms with Gasteiger partial charge in [0.2, 0.25) is 5.91 Å². The molecule has 0 aromatic carbocycles. The Balaban J connectivity index is 1.25. The van der Waals surface area contributed by atoms with E-state index < -0.39 is 0 Å². The van der Waals surface area contributed by atoms with E-state index >= 15 is 0 Å². The van der Waals surface area contributed by atoms with Crippen LogP contribution in [0.3, 0.4) is 0 Å². The van der Waals surface area contributed by atoms with Crippen LogP contribution in [0, 0.1) is 5.92 Å². The van der Waals surface area contributed by atoms with Gasteiger partial charge in [-0.3, -0.25) is 4.79 Å². The second-order valence-corrected chi connectivity index (χ2v) is 7.66. The van der Waals surface area contributed by atoms with Crippen molar-refractivity contribution in [3.05, 3.63) is 30.5 Å². The largest absolute Gasteiger partial charge is 0.463 e. The summed E-state index contributed by atoms with van der Waals surface area (Å²) in [6.45, 7) is 3.16. The molecule has 0 radical (unpaired) electrons. The number of anilines is 1. The Bertz CT molecular complexity index is 715. The molecule has 1 amide bonds. The minimum Gasteiger partial charge on any atom is -0.463 e. The zero-order valence-corrected chi connectivity index (χ0v) is 15.8. The van der Waals surface area contributed by atoms with Crippen LogP contribution >= 0.6 is 0 Å². The first-order valence-electron chi connectivity index (χ1n) is 10.2. The molecule has 4 rings (SSSR count). The Labute approximate surface area is 160 Å². The summed E-state index contributed by atoms with van der Waals surface area (Å²) in [6.07, 6.45) is 10.1. The first-order chi connectivity index (χ1) is 13.3. The molecule has 2 aromatic rings. The number of furan rings is 1. The van der Waals surface area contributed by atoms with Crippen LogP contribution < -0.4 is 4.90 Å². The van der Waals surface area contributed by atoms with Crippen molar-refractivity contribution in [3.63, 3.8) is 0 Å². The first-order valence-corrected chi connectivity index (χ1v) is 10.2. The summed E-state index contributed by atoms with van der Waals surface area (Å²) in [6, 6.07) is 7.63. The lowest BCUT2D eigenvalue weighted by Gasteiger charge is -2.35. The molecule has 2 aliphatic rings. The van der Waals surface area contributed by atoms with Crippen LogP contribution in [0.15, 0.2) is 34.9 Å². The predicted molar refractivity (Wildman–Crippen MR) is 104 cm³/mol. The van der Waals surface area contributed by atoms with Crippen LogP contribution in [0.2, 0.25) is 0 Å². The highest BCUT2D eigenvalue weighted by molar-refractivity contribution is 5.76. The van der Waals surface area contributed by atoms with Gasteiger partial charge in [-0.2, -0.15) is 0 Å². The van der Waals surface area contributed by atoms with Crippen molar-refractivity contribution in [2.75, 3.05) is 31.1 Å². The molecule has 0 spiro atoms. The maximum atomic E-state index is 12.5. The Morgan fingerprint density at radius 3 is 2.52 bits per heavy atom. The van der Waals surface area contributed by atoms with Crippen molar-refractivity contribution in [3.8, 4) is 11.5 Å². The zero-order chi connectivity index (χ0) is 18.5. The maximum absolute atomic E-state index is 12.5. The van der Waals surface area contributed by atoms with Crippen molar-refractivity contribution in [1.82, 2.24) is 15.1 Å². The van der Waals surface area contributed by atoms with Gasteiger partial charge in [0.1, 0.15) is 5.69 Å². The number of carbonyl (C=O) groups excluding carboxylic acids is 1. The van der Waals surface area contributed by atoms with Crippen molar-refractivity contribution in [1.29, 1.82) is 0 Å². The third-order valence-electron chi connectivity index (χ3n) is 5.87. The highest BCUT2D eigenvalue weighted by atomic mass is 16.3. The fourth-order valence-corrected chi connectivity index (χ4v) is 4.20. The normalized spacial score (nSPS) is 18.7. The second-order valence-electron chi connectivity index (χ2n) is 7.66. The van der Waals surface area contributed by atoms with Crippen LogP contribution in [0.25, 0.3) is 11.5 Å². The van der Waals surface area contributed by atoms with Gasteiger partial charge in [-0.15, -0.1) is 10.2 Å². The molecule has 0 N–H and O–H groups in total.